The van der Waals surface area contributed by atoms with Gasteiger partial charge in [0.25, 0.3) is 0 Å². The molecule has 1 fully saturated rings. The van der Waals surface area contributed by atoms with Crippen molar-refractivity contribution in [1.82, 2.24) is 15.5 Å². The monoisotopic (exact) mass is 606 g/mol. The number of nitrogens with one attached hydrogen (secondary N) is 2. The first-order valence-electron chi connectivity index (χ1n) is 15.6. The number of nitrogens with zero attached hydrogens (tertiary/aromatic N) is 2. The number of phenolic OH excluding ortho intramolecular Hbond substituents is 1. The number of rotatable bonds is 7. The van der Waals surface area contributed by atoms with E-state index in [0.717, 1.165) is 42.4 Å². The Labute approximate surface area is 265 Å². The molecule has 0 saturated heterocycles. The second kappa shape index (κ2) is 13.8. The number of hydrogen-bond donors (Lipinski definition) is 3. The van der Waals surface area contributed by atoms with Gasteiger partial charge in [-0.15, -0.1) is 0 Å². The van der Waals surface area contributed by atoms with Crippen molar-refractivity contribution < 1.29 is 9.90 Å². The van der Waals surface area contributed by atoms with Gasteiger partial charge in [-0.3, -0.25) is 9.79 Å². The molecule has 1 aliphatic rings. The molecule has 7 heteroatoms. The minimum atomic E-state index is -0.486. The molecule has 3 atom stereocenters. The van der Waals surface area contributed by atoms with Crippen LogP contribution >= 0.6 is 12.2 Å². The molecule has 0 radical (unpaired) electrons. The molecule has 0 heterocycles. The highest BCUT2D eigenvalue weighted by atomic mass is 32.1. The van der Waals surface area contributed by atoms with Crippen LogP contribution < -0.4 is 10.6 Å². The van der Waals surface area contributed by atoms with Crippen LogP contribution in [0.2, 0.25) is 0 Å². The second-order valence-corrected chi connectivity index (χ2v) is 15.7. The van der Waals surface area contributed by atoms with Crippen LogP contribution in [0.15, 0.2) is 47.5 Å². The maximum Gasteiger partial charge on any atom is 0.245 e. The average molecular weight is 607 g/mol. The van der Waals surface area contributed by atoms with Crippen LogP contribution in [0.3, 0.4) is 0 Å². The summed E-state index contributed by atoms with van der Waals surface area (Å²) >= 11 is 5.80. The Morgan fingerprint density at radius 2 is 1.65 bits per heavy atom. The SMILES string of the molecule is CN(Cc1ccccc1)C(=O)[C@@H](NC(=S)N[C@@H]1CCCC[C@H]1N=Cc1cc(C(C)(C)C)cc(C(C)(C)C)c1O)C(C)(C)C. The van der Waals surface area contributed by atoms with E-state index in [1.54, 1.807) is 4.90 Å². The fourth-order valence-corrected chi connectivity index (χ4v) is 5.81. The average Bonchev–Trinajstić information content (AvgIpc) is 2.90. The van der Waals surface area contributed by atoms with Gasteiger partial charge >= 0.3 is 0 Å². The smallest absolute Gasteiger partial charge is 0.245 e. The Morgan fingerprint density at radius 3 is 2.23 bits per heavy atom. The van der Waals surface area contributed by atoms with Crippen LogP contribution in [-0.4, -0.2) is 52.4 Å². The van der Waals surface area contributed by atoms with Crippen molar-refractivity contribution in [3.8, 4) is 5.75 Å². The Balaban J connectivity index is 1.78. The van der Waals surface area contributed by atoms with Gasteiger partial charge < -0.3 is 20.6 Å². The molecular weight excluding hydrogens is 552 g/mol. The van der Waals surface area contributed by atoms with Crippen molar-refractivity contribution in [3.63, 3.8) is 0 Å². The zero-order valence-corrected chi connectivity index (χ0v) is 28.9. The van der Waals surface area contributed by atoms with E-state index < -0.39 is 6.04 Å². The lowest BCUT2D eigenvalue weighted by atomic mass is 9.79. The number of phenols is 1. The molecule has 0 unspecified atom stereocenters. The normalized spacial score (nSPS) is 18.7. The summed E-state index contributed by atoms with van der Waals surface area (Å²) in [4.78, 5) is 20.4. The molecule has 0 aliphatic heterocycles. The third-order valence-corrected chi connectivity index (χ3v) is 8.53. The third kappa shape index (κ3) is 9.53. The van der Waals surface area contributed by atoms with Gasteiger partial charge in [0.15, 0.2) is 5.11 Å². The fraction of sp³-hybridized carbons (Fsp3) is 0.583. The molecule has 0 bridgehead atoms. The first kappa shape index (κ1) is 34.6. The van der Waals surface area contributed by atoms with E-state index in [0.29, 0.717) is 17.4 Å². The summed E-state index contributed by atoms with van der Waals surface area (Å²) in [7, 11) is 1.84. The fourth-order valence-electron chi connectivity index (χ4n) is 5.54. The van der Waals surface area contributed by atoms with Crippen LogP contribution in [0, 0.1) is 5.41 Å². The highest BCUT2D eigenvalue weighted by molar-refractivity contribution is 7.80. The lowest BCUT2D eigenvalue weighted by Gasteiger charge is -2.36. The molecule has 0 aromatic heterocycles. The summed E-state index contributed by atoms with van der Waals surface area (Å²) in [5.74, 6) is 0.301. The van der Waals surface area contributed by atoms with E-state index in [9.17, 15) is 9.90 Å². The Bertz CT molecular complexity index is 1290. The number of likely N-dealkylation sites (N-methyl/N-ethyl adjacent to an activating group) is 1. The summed E-state index contributed by atoms with van der Waals surface area (Å²) in [6.45, 7) is 19.6. The molecule has 2 aromatic rings. The summed E-state index contributed by atoms with van der Waals surface area (Å²) in [6.07, 6.45) is 5.90. The van der Waals surface area contributed by atoms with Gasteiger partial charge in [-0.25, -0.2) is 0 Å². The van der Waals surface area contributed by atoms with Crippen molar-refractivity contribution in [2.75, 3.05) is 7.05 Å². The number of thiocarbonyl (C=S) groups is 1. The number of hydrogen-bond acceptors (Lipinski definition) is 4. The number of aromatic hydroxyl groups is 1. The van der Waals surface area contributed by atoms with Crippen molar-refractivity contribution in [1.29, 1.82) is 0 Å². The predicted octanol–water partition coefficient (Wildman–Crippen LogP) is 7.25. The molecule has 43 heavy (non-hydrogen) atoms. The quantitative estimate of drug-likeness (QED) is 0.229. The summed E-state index contributed by atoms with van der Waals surface area (Å²) in [5.41, 5.74) is 3.34. The summed E-state index contributed by atoms with van der Waals surface area (Å²) < 4.78 is 0. The zero-order valence-electron chi connectivity index (χ0n) is 28.0. The molecule has 1 amide bonds. The number of carbonyl (C=O) groups excluding carboxylic acids is 1. The molecule has 1 aliphatic carbocycles. The summed E-state index contributed by atoms with van der Waals surface area (Å²) in [6, 6.07) is 13.8. The van der Waals surface area contributed by atoms with Crippen LogP contribution in [0.4, 0.5) is 0 Å². The summed E-state index contributed by atoms with van der Waals surface area (Å²) in [5, 5.41) is 18.6. The van der Waals surface area contributed by atoms with Gasteiger partial charge in [-0.1, -0.05) is 112 Å². The first-order chi connectivity index (χ1) is 19.9. The molecule has 1 saturated carbocycles. The lowest BCUT2D eigenvalue weighted by molar-refractivity contribution is -0.134. The van der Waals surface area contributed by atoms with Crippen molar-refractivity contribution in [2.45, 2.75) is 123 Å². The lowest BCUT2D eigenvalue weighted by Crippen LogP contribution is -2.58. The van der Waals surface area contributed by atoms with E-state index in [1.165, 1.54) is 5.56 Å². The Kier molecular flexibility index (Phi) is 11.1. The minimum absolute atomic E-state index is 0.00239. The zero-order chi connectivity index (χ0) is 32.2. The molecular formula is C36H54N4O2S. The van der Waals surface area contributed by atoms with Crippen LogP contribution in [-0.2, 0) is 22.2 Å². The van der Waals surface area contributed by atoms with E-state index in [2.05, 4.69) is 85.1 Å². The molecule has 2 aromatic carbocycles. The number of benzene rings is 2. The highest BCUT2D eigenvalue weighted by Gasteiger charge is 2.35. The maximum atomic E-state index is 13.6. The topological polar surface area (TPSA) is 77.0 Å². The maximum absolute atomic E-state index is 13.6. The van der Waals surface area contributed by atoms with Crippen LogP contribution in [0.25, 0.3) is 0 Å². The minimum Gasteiger partial charge on any atom is -0.507 e. The van der Waals surface area contributed by atoms with Crippen molar-refractivity contribution in [3.05, 3.63) is 64.7 Å². The van der Waals surface area contributed by atoms with E-state index >= 15 is 0 Å². The standard InChI is InChI=1S/C36H54N4O2S/c1-34(2,3)26-20-25(30(41)27(21-26)35(4,5)6)22-37-28-18-14-15-19-29(28)38-33(43)39-31(36(7,8)9)32(42)40(10)23-24-16-12-11-13-17-24/h11-13,16-17,20-22,28-29,31,41H,14-15,18-19,23H2,1-10H3,(H2,38,39,43)/t28-,29-,31-/m1/s1. The van der Waals surface area contributed by atoms with Gasteiger partial charge in [-0.05, 0) is 58.5 Å². The van der Waals surface area contributed by atoms with Gasteiger partial charge in [0.05, 0.1) is 12.1 Å². The highest BCUT2D eigenvalue weighted by Crippen LogP contribution is 2.37. The van der Waals surface area contributed by atoms with Gasteiger partial charge in [0, 0.05) is 30.9 Å². The molecule has 3 rings (SSSR count). The van der Waals surface area contributed by atoms with Crippen LogP contribution in [0.5, 0.6) is 5.75 Å². The van der Waals surface area contributed by atoms with E-state index in [1.807, 2.05) is 43.6 Å². The predicted molar refractivity (Wildman–Crippen MR) is 184 cm³/mol. The molecule has 6 nitrogen and oxygen atoms in total. The van der Waals surface area contributed by atoms with Gasteiger partial charge in [-0.2, -0.15) is 0 Å². The van der Waals surface area contributed by atoms with Crippen molar-refractivity contribution >= 4 is 29.5 Å². The number of aliphatic imine (C=N–C) groups is 1. The number of carbonyl (C=O) groups is 1. The first-order valence-corrected chi connectivity index (χ1v) is 16.1. The van der Waals surface area contributed by atoms with Crippen LogP contribution in [0.1, 0.15) is 110 Å². The van der Waals surface area contributed by atoms with Crippen molar-refractivity contribution in [2.24, 2.45) is 10.4 Å². The third-order valence-electron chi connectivity index (χ3n) is 8.29. The van der Waals surface area contributed by atoms with E-state index in [-0.39, 0.29) is 34.2 Å². The van der Waals surface area contributed by atoms with E-state index in [4.69, 9.17) is 17.2 Å². The second-order valence-electron chi connectivity index (χ2n) is 15.3. The molecule has 3 N–H and O–H groups in total. The Morgan fingerprint density at radius 1 is 1.02 bits per heavy atom. The molecule has 0 spiro atoms. The van der Waals surface area contributed by atoms with Gasteiger partial charge in [0.2, 0.25) is 5.91 Å². The Hall–Kier alpha value is -2.93. The number of amides is 1. The van der Waals surface area contributed by atoms with Gasteiger partial charge in [0.1, 0.15) is 11.8 Å². The largest absolute Gasteiger partial charge is 0.507 e. The molecule has 236 valence electrons.